The molecule has 1 saturated carbocycles. The van der Waals surface area contributed by atoms with Gasteiger partial charge in [-0.1, -0.05) is 33.0 Å². The fourth-order valence-corrected chi connectivity index (χ4v) is 3.68. The monoisotopic (exact) mass is 292 g/mol. The lowest BCUT2D eigenvalue weighted by molar-refractivity contribution is 0.0531. The van der Waals surface area contributed by atoms with Gasteiger partial charge in [-0.25, -0.2) is 4.98 Å². The van der Waals surface area contributed by atoms with Crippen LogP contribution in [-0.2, 0) is 0 Å². The molecule has 1 aromatic heterocycles. The predicted octanol–water partition coefficient (Wildman–Crippen LogP) is 3.62. The van der Waals surface area contributed by atoms with Crippen molar-refractivity contribution >= 4 is 17.2 Å². The second-order valence-corrected chi connectivity index (χ2v) is 7.27. The number of thiocarbonyl (C=S) groups is 1. The van der Waals surface area contributed by atoms with Crippen LogP contribution in [0.2, 0.25) is 0 Å². The summed E-state index contributed by atoms with van der Waals surface area (Å²) in [4.78, 5) is 4.69. The lowest BCUT2D eigenvalue weighted by Gasteiger charge is -2.38. The molecule has 1 aliphatic carbocycles. The van der Waals surface area contributed by atoms with E-state index in [2.05, 4.69) is 25.8 Å². The van der Waals surface area contributed by atoms with Crippen LogP contribution in [-0.4, -0.2) is 16.1 Å². The minimum absolute atomic E-state index is 0.191. The summed E-state index contributed by atoms with van der Waals surface area (Å²) in [5.41, 5.74) is 7.92. The number of aromatic nitrogens is 1. The van der Waals surface area contributed by atoms with E-state index >= 15 is 0 Å². The van der Waals surface area contributed by atoms with Gasteiger partial charge in [-0.3, -0.25) is 0 Å². The van der Waals surface area contributed by atoms with Gasteiger partial charge in [0.05, 0.1) is 5.56 Å². The second kappa shape index (κ2) is 5.68. The van der Waals surface area contributed by atoms with Gasteiger partial charge in [0.15, 0.2) is 0 Å². The largest absolute Gasteiger partial charge is 0.474 e. The molecule has 0 saturated heterocycles. The van der Waals surface area contributed by atoms with Crippen molar-refractivity contribution in [3.63, 3.8) is 0 Å². The summed E-state index contributed by atoms with van der Waals surface area (Å²) < 4.78 is 6.16. The van der Waals surface area contributed by atoms with Crippen LogP contribution in [0.4, 0.5) is 0 Å². The highest BCUT2D eigenvalue weighted by molar-refractivity contribution is 7.80. The molecule has 0 bridgehead atoms. The molecule has 0 aromatic carbocycles. The fourth-order valence-electron chi connectivity index (χ4n) is 3.43. The second-order valence-electron chi connectivity index (χ2n) is 6.83. The van der Waals surface area contributed by atoms with E-state index in [0.717, 1.165) is 24.0 Å². The van der Waals surface area contributed by atoms with Gasteiger partial charge in [-0.05, 0) is 49.1 Å². The maximum Gasteiger partial charge on any atom is 0.224 e. The number of nitrogens with zero attached hydrogens (tertiary/aromatic N) is 1. The van der Waals surface area contributed by atoms with Crippen molar-refractivity contribution in [2.24, 2.45) is 17.1 Å². The first-order valence-electron chi connectivity index (χ1n) is 7.20. The molecule has 0 aliphatic heterocycles. The van der Waals surface area contributed by atoms with Crippen LogP contribution in [0.1, 0.15) is 51.2 Å². The van der Waals surface area contributed by atoms with Crippen LogP contribution in [0.25, 0.3) is 0 Å². The molecule has 2 rings (SSSR count). The molecular formula is C16H24N2OS. The van der Waals surface area contributed by atoms with E-state index in [1.807, 2.05) is 13.0 Å². The van der Waals surface area contributed by atoms with Crippen molar-refractivity contribution in [1.82, 2.24) is 4.98 Å². The van der Waals surface area contributed by atoms with Crippen molar-refractivity contribution in [2.45, 2.75) is 53.1 Å². The summed E-state index contributed by atoms with van der Waals surface area (Å²) >= 11 is 5.13. The van der Waals surface area contributed by atoms with E-state index in [1.165, 1.54) is 6.42 Å². The average molecular weight is 292 g/mol. The zero-order chi connectivity index (χ0) is 14.9. The molecular weight excluding hydrogens is 268 g/mol. The first-order chi connectivity index (χ1) is 9.28. The van der Waals surface area contributed by atoms with Crippen LogP contribution in [0.3, 0.4) is 0 Å². The molecule has 0 radical (unpaired) electrons. The van der Waals surface area contributed by atoms with Crippen molar-refractivity contribution in [2.75, 3.05) is 0 Å². The Morgan fingerprint density at radius 3 is 2.75 bits per heavy atom. The first kappa shape index (κ1) is 15.2. The fraction of sp³-hybridized carbons (Fsp3) is 0.625. The number of aryl methyl sites for hydroxylation is 1. The smallest absolute Gasteiger partial charge is 0.224 e. The molecule has 1 aromatic rings. The van der Waals surface area contributed by atoms with E-state index in [-0.39, 0.29) is 6.10 Å². The molecule has 0 amide bonds. The van der Waals surface area contributed by atoms with E-state index in [1.54, 1.807) is 6.20 Å². The van der Waals surface area contributed by atoms with Crippen LogP contribution in [0, 0.1) is 18.3 Å². The van der Waals surface area contributed by atoms with Gasteiger partial charge >= 0.3 is 0 Å². The highest BCUT2D eigenvalue weighted by Crippen LogP contribution is 2.40. The Bertz CT molecular complexity index is 513. The Balaban J connectivity index is 2.22. The van der Waals surface area contributed by atoms with Gasteiger partial charge in [0.2, 0.25) is 5.88 Å². The molecule has 3 nitrogen and oxygen atoms in total. The molecule has 1 heterocycles. The Morgan fingerprint density at radius 2 is 2.15 bits per heavy atom. The minimum Gasteiger partial charge on any atom is -0.474 e. The van der Waals surface area contributed by atoms with Gasteiger partial charge in [0, 0.05) is 6.20 Å². The van der Waals surface area contributed by atoms with Crippen molar-refractivity contribution in [3.05, 3.63) is 23.4 Å². The Morgan fingerprint density at radius 1 is 1.45 bits per heavy atom. The number of hydrogen-bond acceptors (Lipinski definition) is 3. The van der Waals surface area contributed by atoms with Crippen molar-refractivity contribution in [1.29, 1.82) is 0 Å². The highest BCUT2D eigenvalue weighted by atomic mass is 32.1. The Hall–Kier alpha value is -1.16. The summed E-state index contributed by atoms with van der Waals surface area (Å²) in [6.07, 6.45) is 5.30. The Kier molecular flexibility index (Phi) is 4.33. The summed E-state index contributed by atoms with van der Waals surface area (Å²) in [6, 6.07) is 1.91. The van der Waals surface area contributed by atoms with E-state index in [4.69, 9.17) is 22.7 Å². The molecule has 1 fully saturated rings. The zero-order valence-electron chi connectivity index (χ0n) is 12.8. The lowest BCUT2D eigenvalue weighted by Crippen LogP contribution is -2.35. The third kappa shape index (κ3) is 3.48. The van der Waals surface area contributed by atoms with Gasteiger partial charge in [-0.2, -0.15) is 0 Å². The maximum absolute atomic E-state index is 6.16. The average Bonchev–Trinajstić information content (AvgIpc) is 2.25. The van der Waals surface area contributed by atoms with E-state index in [0.29, 0.717) is 22.2 Å². The summed E-state index contributed by atoms with van der Waals surface area (Å²) in [5.74, 6) is 1.26. The lowest BCUT2D eigenvalue weighted by atomic mass is 9.71. The predicted molar refractivity (Wildman–Crippen MR) is 86.1 cm³/mol. The van der Waals surface area contributed by atoms with Crippen LogP contribution < -0.4 is 10.5 Å². The topological polar surface area (TPSA) is 48.1 Å². The number of hydrogen-bond donors (Lipinski definition) is 1. The zero-order valence-corrected chi connectivity index (χ0v) is 13.6. The molecule has 20 heavy (non-hydrogen) atoms. The molecule has 4 heteroatoms. The number of pyridine rings is 1. The van der Waals surface area contributed by atoms with Gasteiger partial charge in [-0.15, -0.1) is 0 Å². The van der Waals surface area contributed by atoms with Crippen LogP contribution in [0.5, 0.6) is 5.88 Å². The molecule has 0 spiro atoms. The number of ether oxygens (including phenoxy) is 1. The maximum atomic E-state index is 6.16. The minimum atomic E-state index is 0.191. The van der Waals surface area contributed by atoms with Crippen LogP contribution in [0.15, 0.2) is 12.3 Å². The number of rotatable bonds is 3. The number of nitrogens with two attached hydrogens (primary N) is 1. The Labute approximate surface area is 126 Å². The highest BCUT2D eigenvalue weighted by Gasteiger charge is 2.33. The summed E-state index contributed by atoms with van der Waals surface area (Å²) in [7, 11) is 0. The van der Waals surface area contributed by atoms with E-state index in [9.17, 15) is 0 Å². The van der Waals surface area contributed by atoms with Gasteiger partial charge in [0.1, 0.15) is 11.1 Å². The van der Waals surface area contributed by atoms with Crippen molar-refractivity contribution in [3.8, 4) is 5.88 Å². The van der Waals surface area contributed by atoms with Gasteiger partial charge < -0.3 is 10.5 Å². The van der Waals surface area contributed by atoms with Crippen molar-refractivity contribution < 1.29 is 4.74 Å². The summed E-state index contributed by atoms with van der Waals surface area (Å²) in [5, 5.41) is 0. The molecule has 110 valence electrons. The summed E-state index contributed by atoms with van der Waals surface area (Å²) in [6.45, 7) is 8.88. The molecule has 1 aliphatic rings. The SMILES string of the molecule is Cc1ccnc(OC2CC(C)CC(C)(C)C2)c1C(N)=S. The standard InChI is InChI=1S/C16H24N2OS/c1-10-7-12(9-16(3,4)8-10)19-15-13(14(17)20)11(2)5-6-18-15/h5-6,10,12H,7-9H2,1-4H3,(H2,17,20). The van der Waals surface area contributed by atoms with Gasteiger partial charge in [0.25, 0.3) is 0 Å². The first-order valence-corrected chi connectivity index (χ1v) is 7.61. The van der Waals surface area contributed by atoms with E-state index < -0.39 is 0 Å². The normalized spacial score (nSPS) is 25.2. The van der Waals surface area contributed by atoms with Crippen LogP contribution >= 0.6 is 12.2 Å². The third-order valence-corrected chi connectivity index (χ3v) is 4.20. The molecule has 2 atom stereocenters. The molecule has 2 unspecified atom stereocenters. The quantitative estimate of drug-likeness (QED) is 0.864. The molecule has 2 N–H and O–H groups in total. The third-order valence-electron chi connectivity index (χ3n) is 4.00.